The Morgan fingerprint density at radius 3 is 2.53 bits per heavy atom. The Kier molecular flexibility index (Phi) is 5.16. The molecule has 0 radical (unpaired) electrons. The van der Waals surface area contributed by atoms with E-state index in [4.69, 9.17) is 9.84 Å². The van der Waals surface area contributed by atoms with Crippen LogP contribution in [0.25, 0.3) is 6.08 Å². The number of phenolic OH excluding ortho intramolecular Hbond substituents is 1. The molecular formula is C12H12INO5. The van der Waals surface area contributed by atoms with E-state index >= 15 is 0 Å². The van der Waals surface area contributed by atoms with Crippen LogP contribution in [-0.2, 0) is 9.59 Å². The lowest BCUT2D eigenvalue weighted by Gasteiger charge is -2.08. The minimum atomic E-state index is -1.25. The Morgan fingerprint density at radius 2 is 2.05 bits per heavy atom. The summed E-state index contributed by atoms with van der Waals surface area (Å²) in [5.74, 6) is -1.52. The molecule has 0 spiro atoms. The first-order valence-electron chi connectivity index (χ1n) is 5.14. The first-order chi connectivity index (χ1) is 8.85. The number of phenols is 1. The van der Waals surface area contributed by atoms with Gasteiger partial charge in [0.25, 0.3) is 0 Å². The Labute approximate surface area is 123 Å². The number of carbonyl (C=O) groups is 2. The Hall–Kier alpha value is -1.77. The lowest BCUT2D eigenvalue weighted by molar-refractivity contribution is -0.134. The van der Waals surface area contributed by atoms with E-state index < -0.39 is 11.9 Å². The van der Waals surface area contributed by atoms with Crippen molar-refractivity contribution >= 4 is 40.5 Å². The third-order valence-corrected chi connectivity index (χ3v) is 2.95. The molecule has 1 aromatic rings. The molecule has 0 fully saturated rings. The van der Waals surface area contributed by atoms with Gasteiger partial charge in [0.1, 0.15) is 5.70 Å². The predicted molar refractivity (Wildman–Crippen MR) is 76.8 cm³/mol. The molecule has 7 heteroatoms. The summed E-state index contributed by atoms with van der Waals surface area (Å²) in [6, 6.07) is 3.05. The molecule has 0 aromatic heterocycles. The van der Waals surface area contributed by atoms with Crippen LogP contribution >= 0.6 is 22.6 Å². The van der Waals surface area contributed by atoms with Gasteiger partial charge in [0, 0.05) is 6.92 Å². The minimum Gasteiger partial charge on any atom is -0.504 e. The minimum absolute atomic E-state index is 0.0170. The fraction of sp³-hybridized carbons (Fsp3) is 0.167. The fourth-order valence-corrected chi connectivity index (χ4v) is 1.97. The summed E-state index contributed by atoms with van der Waals surface area (Å²) in [5.41, 5.74) is 0.237. The van der Waals surface area contributed by atoms with Gasteiger partial charge in [0.2, 0.25) is 5.91 Å². The van der Waals surface area contributed by atoms with Crippen LogP contribution in [-0.4, -0.2) is 29.2 Å². The molecule has 0 saturated carbocycles. The smallest absolute Gasteiger partial charge is 0.352 e. The van der Waals surface area contributed by atoms with Crippen LogP contribution in [0.1, 0.15) is 12.5 Å². The number of carboxylic acids is 1. The monoisotopic (exact) mass is 377 g/mol. The first kappa shape index (κ1) is 15.3. The van der Waals surface area contributed by atoms with E-state index in [-0.39, 0.29) is 17.2 Å². The average molecular weight is 377 g/mol. The van der Waals surface area contributed by atoms with E-state index in [1.807, 2.05) is 22.6 Å². The number of methoxy groups -OCH3 is 1. The van der Waals surface area contributed by atoms with Crippen LogP contribution < -0.4 is 10.1 Å². The van der Waals surface area contributed by atoms with Crippen LogP contribution in [0.3, 0.4) is 0 Å². The predicted octanol–water partition coefficient (Wildman–Crippen LogP) is 1.57. The summed E-state index contributed by atoms with van der Waals surface area (Å²) in [7, 11) is 1.39. The number of ether oxygens (including phenoxy) is 1. The number of hydrogen-bond donors (Lipinski definition) is 3. The van der Waals surface area contributed by atoms with Crippen molar-refractivity contribution in [1.29, 1.82) is 0 Å². The first-order valence-corrected chi connectivity index (χ1v) is 6.22. The topological polar surface area (TPSA) is 95.9 Å². The van der Waals surface area contributed by atoms with Crippen molar-refractivity contribution in [3.63, 3.8) is 0 Å². The van der Waals surface area contributed by atoms with Crippen LogP contribution in [0.15, 0.2) is 17.8 Å². The van der Waals surface area contributed by atoms with Gasteiger partial charge in [-0.05, 0) is 46.4 Å². The SMILES string of the molecule is COc1cc(C=C(NC(C)=O)C(=O)O)cc(I)c1O. The van der Waals surface area contributed by atoms with Crippen LogP contribution in [0.4, 0.5) is 0 Å². The number of carbonyl (C=O) groups excluding carboxylic acids is 1. The molecule has 1 aromatic carbocycles. The number of carboxylic acid groups (broad SMARTS) is 1. The molecular weight excluding hydrogens is 365 g/mol. The van der Waals surface area contributed by atoms with Gasteiger partial charge in [-0.1, -0.05) is 0 Å². The van der Waals surface area contributed by atoms with E-state index in [2.05, 4.69) is 5.32 Å². The number of benzene rings is 1. The lowest BCUT2D eigenvalue weighted by Crippen LogP contribution is -2.24. The maximum absolute atomic E-state index is 11.0. The Morgan fingerprint density at radius 1 is 1.42 bits per heavy atom. The Bertz CT molecular complexity index is 553. The number of hydrogen-bond acceptors (Lipinski definition) is 4. The number of aromatic hydroxyl groups is 1. The van der Waals surface area contributed by atoms with Crippen molar-refractivity contribution in [3.8, 4) is 11.5 Å². The lowest BCUT2D eigenvalue weighted by atomic mass is 10.1. The van der Waals surface area contributed by atoms with Gasteiger partial charge in [0.05, 0.1) is 10.7 Å². The molecule has 3 N–H and O–H groups in total. The highest BCUT2D eigenvalue weighted by molar-refractivity contribution is 14.1. The molecule has 1 rings (SSSR count). The molecule has 1 amide bonds. The zero-order chi connectivity index (χ0) is 14.6. The molecule has 0 aliphatic heterocycles. The second-order valence-electron chi connectivity index (χ2n) is 3.60. The number of nitrogens with one attached hydrogen (secondary N) is 1. The summed E-state index contributed by atoms with van der Waals surface area (Å²) in [4.78, 5) is 21.9. The van der Waals surface area contributed by atoms with Gasteiger partial charge >= 0.3 is 5.97 Å². The molecule has 0 aliphatic carbocycles. The zero-order valence-corrected chi connectivity index (χ0v) is 12.4. The molecule has 102 valence electrons. The highest BCUT2D eigenvalue weighted by Gasteiger charge is 2.12. The second kappa shape index (κ2) is 6.41. The third-order valence-electron chi connectivity index (χ3n) is 2.12. The van der Waals surface area contributed by atoms with E-state index in [0.717, 1.165) is 0 Å². The average Bonchev–Trinajstić information content (AvgIpc) is 2.31. The van der Waals surface area contributed by atoms with E-state index in [9.17, 15) is 14.7 Å². The van der Waals surface area contributed by atoms with Gasteiger partial charge in [-0.25, -0.2) is 4.79 Å². The fourth-order valence-electron chi connectivity index (χ4n) is 1.34. The quantitative estimate of drug-likeness (QED) is 0.547. The van der Waals surface area contributed by atoms with Gasteiger partial charge in [-0.15, -0.1) is 0 Å². The molecule has 0 bridgehead atoms. The van der Waals surface area contributed by atoms with E-state index in [0.29, 0.717) is 9.13 Å². The maximum atomic E-state index is 11.0. The van der Waals surface area contributed by atoms with Gasteiger partial charge in [0.15, 0.2) is 11.5 Å². The molecule has 6 nitrogen and oxygen atoms in total. The molecule has 19 heavy (non-hydrogen) atoms. The summed E-state index contributed by atoms with van der Waals surface area (Å²) < 4.78 is 5.48. The standard InChI is InChI=1S/C12H12INO5/c1-6(15)14-9(12(17)18)4-7-3-8(13)11(16)10(5-7)19-2/h3-5,16H,1-2H3,(H,14,15)(H,17,18). The van der Waals surface area contributed by atoms with Crippen molar-refractivity contribution < 1.29 is 24.5 Å². The van der Waals surface area contributed by atoms with Crippen LogP contribution in [0.5, 0.6) is 11.5 Å². The van der Waals surface area contributed by atoms with E-state index in [1.165, 1.54) is 26.2 Å². The third kappa shape index (κ3) is 4.12. The largest absolute Gasteiger partial charge is 0.504 e. The summed E-state index contributed by atoms with van der Waals surface area (Å²) in [6.07, 6.45) is 1.29. The number of rotatable bonds is 4. The summed E-state index contributed by atoms with van der Waals surface area (Å²) in [5, 5.41) is 20.9. The van der Waals surface area contributed by atoms with Crippen molar-refractivity contribution in [1.82, 2.24) is 5.32 Å². The molecule has 0 unspecified atom stereocenters. The van der Waals surface area contributed by atoms with E-state index in [1.54, 1.807) is 6.07 Å². The second-order valence-corrected chi connectivity index (χ2v) is 4.76. The molecule has 0 saturated heterocycles. The van der Waals surface area contributed by atoms with Crippen LogP contribution in [0, 0.1) is 3.57 Å². The molecule has 0 aliphatic rings. The summed E-state index contributed by atoms with van der Waals surface area (Å²) >= 11 is 1.89. The Balaban J connectivity index is 3.24. The number of aliphatic carboxylic acids is 1. The van der Waals surface area contributed by atoms with Crippen molar-refractivity contribution in [2.75, 3.05) is 7.11 Å². The van der Waals surface area contributed by atoms with Crippen molar-refractivity contribution in [2.45, 2.75) is 6.92 Å². The number of amides is 1. The normalized spacial score (nSPS) is 11.0. The van der Waals surface area contributed by atoms with Gasteiger partial charge in [-0.2, -0.15) is 0 Å². The van der Waals surface area contributed by atoms with Gasteiger partial charge < -0.3 is 20.3 Å². The van der Waals surface area contributed by atoms with Gasteiger partial charge in [-0.3, -0.25) is 4.79 Å². The maximum Gasteiger partial charge on any atom is 0.352 e. The van der Waals surface area contributed by atoms with Crippen molar-refractivity contribution in [3.05, 3.63) is 27.0 Å². The number of halogens is 1. The van der Waals surface area contributed by atoms with Crippen LogP contribution in [0.2, 0.25) is 0 Å². The molecule has 0 heterocycles. The zero-order valence-electron chi connectivity index (χ0n) is 10.2. The molecule has 0 atom stereocenters. The summed E-state index contributed by atoms with van der Waals surface area (Å²) in [6.45, 7) is 1.22. The highest BCUT2D eigenvalue weighted by Crippen LogP contribution is 2.32. The highest BCUT2D eigenvalue weighted by atomic mass is 127. The van der Waals surface area contributed by atoms with Crippen molar-refractivity contribution in [2.24, 2.45) is 0 Å².